The number of hydrogen-bond donors (Lipinski definition) is 0. The summed E-state index contributed by atoms with van der Waals surface area (Å²) in [5, 5.41) is 0. The molecule has 0 saturated heterocycles. The molecular formula is C11H10BrFO4. The minimum atomic E-state index is -1.10. The maximum atomic E-state index is 13.5. The zero-order chi connectivity index (χ0) is 13.0. The monoisotopic (exact) mass is 304 g/mol. The summed E-state index contributed by atoms with van der Waals surface area (Å²) >= 11 is 3.02. The van der Waals surface area contributed by atoms with Gasteiger partial charge in [0.2, 0.25) is 0 Å². The second-order valence-electron chi connectivity index (χ2n) is 2.99. The van der Waals surface area contributed by atoms with Crippen LogP contribution >= 0.6 is 15.9 Å². The SMILES string of the molecule is CCOC(=O)C(=O)c1c(F)ccc(OC)c1Br. The number of ketones is 1. The van der Waals surface area contributed by atoms with Gasteiger partial charge in [-0.15, -0.1) is 0 Å². The van der Waals surface area contributed by atoms with E-state index in [1.165, 1.54) is 13.2 Å². The molecular weight excluding hydrogens is 295 g/mol. The summed E-state index contributed by atoms with van der Waals surface area (Å²) in [4.78, 5) is 22.9. The van der Waals surface area contributed by atoms with Crippen molar-refractivity contribution in [1.29, 1.82) is 0 Å². The summed E-state index contributed by atoms with van der Waals surface area (Å²) < 4.78 is 23.0. The molecule has 92 valence electrons. The molecule has 0 aliphatic heterocycles. The first-order valence-corrected chi connectivity index (χ1v) is 5.55. The predicted molar refractivity (Wildman–Crippen MR) is 61.6 cm³/mol. The van der Waals surface area contributed by atoms with Gasteiger partial charge in [-0.2, -0.15) is 0 Å². The van der Waals surface area contributed by atoms with Crippen molar-refractivity contribution in [2.75, 3.05) is 13.7 Å². The van der Waals surface area contributed by atoms with Gasteiger partial charge in [0.1, 0.15) is 11.6 Å². The van der Waals surface area contributed by atoms with Gasteiger partial charge in [-0.3, -0.25) is 4.79 Å². The lowest BCUT2D eigenvalue weighted by atomic mass is 10.1. The van der Waals surface area contributed by atoms with Gasteiger partial charge < -0.3 is 9.47 Å². The standard InChI is InChI=1S/C11H10BrFO4/c1-3-17-11(15)10(14)8-6(13)4-5-7(16-2)9(8)12/h4-5H,3H2,1-2H3. The van der Waals surface area contributed by atoms with Crippen LogP contribution in [0.25, 0.3) is 0 Å². The Balaban J connectivity index is 3.21. The van der Waals surface area contributed by atoms with E-state index >= 15 is 0 Å². The normalized spacial score (nSPS) is 9.88. The van der Waals surface area contributed by atoms with E-state index in [9.17, 15) is 14.0 Å². The molecule has 0 unspecified atom stereocenters. The van der Waals surface area contributed by atoms with E-state index in [0.717, 1.165) is 6.07 Å². The third-order valence-corrected chi connectivity index (χ3v) is 2.75. The minimum Gasteiger partial charge on any atom is -0.496 e. The second kappa shape index (κ2) is 5.77. The Morgan fingerprint density at radius 3 is 2.59 bits per heavy atom. The largest absolute Gasteiger partial charge is 0.496 e. The number of halogens is 2. The Morgan fingerprint density at radius 1 is 1.41 bits per heavy atom. The molecule has 1 aromatic carbocycles. The second-order valence-corrected chi connectivity index (χ2v) is 3.78. The van der Waals surface area contributed by atoms with Crippen LogP contribution < -0.4 is 4.74 Å². The molecule has 0 amide bonds. The third-order valence-electron chi connectivity index (χ3n) is 1.96. The summed E-state index contributed by atoms with van der Waals surface area (Å²) in [6.45, 7) is 1.61. The summed E-state index contributed by atoms with van der Waals surface area (Å²) in [5.41, 5.74) is -0.386. The van der Waals surface area contributed by atoms with Gasteiger partial charge >= 0.3 is 5.97 Å². The van der Waals surface area contributed by atoms with Gasteiger partial charge in [-0.25, -0.2) is 9.18 Å². The molecule has 0 aliphatic carbocycles. The highest BCUT2D eigenvalue weighted by molar-refractivity contribution is 9.10. The van der Waals surface area contributed by atoms with Crippen LogP contribution in [0.15, 0.2) is 16.6 Å². The average Bonchev–Trinajstić information content (AvgIpc) is 2.29. The van der Waals surface area contributed by atoms with E-state index < -0.39 is 17.6 Å². The number of ether oxygens (including phenoxy) is 2. The molecule has 17 heavy (non-hydrogen) atoms. The van der Waals surface area contributed by atoms with Gasteiger partial charge in [0.25, 0.3) is 5.78 Å². The Labute approximate surface area is 106 Å². The van der Waals surface area contributed by atoms with Crippen molar-refractivity contribution in [3.63, 3.8) is 0 Å². The Bertz CT molecular complexity index is 459. The molecule has 0 aliphatic rings. The van der Waals surface area contributed by atoms with E-state index in [2.05, 4.69) is 20.7 Å². The smallest absolute Gasteiger partial charge is 0.379 e. The molecule has 0 saturated carbocycles. The topological polar surface area (TPSA) is 52.6 Å². The number of esters is 1. The van der Waals surface area contributed by atoms with Crippen molar-refractivity contribution in [2.45, 2.75) is 6.92 Å². The van der Waals surface area contributed by atoms with Crippen molar-refractivity contribution in [3.05, 3.63) is 28.0 Å². The molecule has 4 nitrogen and oxygen atoms in total. The molecule has 0 radical (unpaired) electrons. The van der Waals surface area contributed by atoms with E-state index in [0.29, 0.717) is 0 Å². The third kappa shape index (κ3) is 2.82. The summed E-state index contributed by atoms with van der Waals surface area (Å²) in [6.07, 6.45) is 0. The van der Waals surface area contributed by atoms with E-state index in [4.69, 9.17) is 4.74 Å². The summed E-state index contributed by atoms with van der Waals surface area (Å²) in [6, 6.07) is 2.40. The van der Waals surface area contributed by atoms with Crippen molar-refractivity contribution < 1.29 is 23.5 Å². The van der Waals surface area contributed by atoms with Crippen LogP contribution in [0.5, 0.6) is 5.75 Å². The van der Waals surface area contributed by atoms with Crippen LogP contribution in [0.3, 0.4) is 0 Å². The van der Waals surface area contributed by atoms with Crippen molar-refractivity contribution in [1.82, 2.24) is 0 Å². The molecule has 0 heterocycles. The number of methoxy groups -OCH3 is 1. The number of rotatable bonds is 4. The molecule has 0 N–H and O–H groups in total. The molecule has 0 bridgehead atoms. The zero-order valence-electron chi connectivity index (χ0n) is 9.25. The van der Waals surface area contributed by atoms with Crippen LogP contribution in [0.4, 0.5) is 4.39 Å². The van der Waals surface area contributed by atoms with E-state index in [1.54, 1.807) is 6.92 Å². The maximum Gasteiger partial charge on any atom is 0.379 e. The highest BCUT2D eigenvalue weighted by Crippen LogP contribution is 2.30. The average molecular weight is 305 g/mol. The van der Waals surface area contributed by atoms with Crippen molar-refractivity contribution >= 4 is 27.7 Å². The number of hydrogen-bond acceptors (Lipinski definition) is 4. The molecule has 6 heteroatoms. The first-order valence-electron chi connectivity index (χ1n) is 4.76. The van der Waals surface area contributed by atoms with Gasteiger partial charge in [-0.05, 0) is 35.0 Å². The predicted octanol–water partition coefficient (Wildman–Crippen LogP) is 2.34. The minimum absolute atomic E-state index is 0.0494. The number of benzene rings is 1. The molecule has 0 fully saturated rings. The lowest BCUT2D eigenvalue weighted by Crippen LogP contribution is -2.19. The van der Waals surface area contributed by atoms with E-state index in [-0.39, 0.29) is 22.4 Å². The Hall–Kier alpha value is -1.43. The van der Waals surface area contributed by atoms with Gasteiger partial charge in [-0.1, -0.05) is 0 Å². The zero-order valence-corrected chi connectivity index (χ0v) is 10.8. The van der Waals surface area contributed by atoms with Crippen LogP contribution in [-0.2, 0) is 9.53 Å². The van der Waals surface area contributed by atoms with Crippen LogP contribution in [0.2, 0.25) is 0 Å². The van der Waals surface area contributed by atoms with Gasteiger partial charge in [0.05, 0.1) is 23.8 Å². The Morgan fingerprint density at radius 2 is 2.06 bits per heavy atom. The summed E-state index contributed by atoms with van der Waals surface area (Å²) in [5.74, 6) is -2.69. The number of carbonyl (C=O) groups excluding carboxylic acids is 2. The lowest BCUT2D eigenvalue weighted by Gasteiger charge is -2.08. The van der Waals surface area contributed by atoms with Gasteiger partial charge in [0.15, 0.2) is 0 Å². The highest BCUT2D eigenvalue weighted by atomic mass is 79.9. The molecule has 0 spiro atoms. The number of Topliss-reactive ketones (excluding diaryl/α,β-unsaturated/α-hetero) is 1. The van der Waals surface area contributed by atoms with Crippen LogP contribution in [0.1, 0.15) is 17.3 Å². The number of carbonyl (C=O) groups is 2. The molecule has 0 atom stereocenters. The van der Waals surface area contributed by atoms with E-state index in [1.807, 2.05) is 0 Å². The first-order chi connectivity index (χ1) is 8.02. The quantitative estimate of drug-likeness (QED) is 0.487. The molecule has 1 aromatic rings. The van der Waals surface area contributed by atoms with Gasteiger partial charge in [0, 0.05) is 0 Å². The fourth-order valence-electron chi connectivity index (χ4n) is 1.20. The lowest BCUT2D eigenvalue weighted by molar-refractivity contribution is -0.137. The van der Waals surface area contributed by atoms with Crippen molar-refractivity contribution in [2.24, 2.45) is 0 Å². The molecule has 0 aromatic heterocycles. The van der Waals surface area contributed by atoms with Crippen LogP contribution in [-0.4, -0.2) is 25.5 Å². The highest BCUT2D eigenvalue weighted by Gasteiger charge is 2.25. The fourth-order valence-corrected chi connectivity index (χ4v) is 1.86. The summed E-state index contributed by atoms with van der Waals surface area (Å²) in [7, 11) is 1.37. The first kappa shape index (κ1) is 13.6. The maximum absolute atomic E-state index is 13.5. The van der Waals surface area contributed by atoms with Crippen LogP contribution in [0, 0.1) is 5.82 Å². The Kier molecular flexibility index (Phi) is 4.62. The fraction of sp³-hybridized carbons (Fsp3) is 0.273. The molecule has 1 rings (SSSR count). The van der Waals surface area contributed by atoms with Crippen molar-refractivity contribution in [3.8, 4) is 5.75 Å².